The number of carboxylic acids is 1. The third kappa shape index (κ3) is 3.01. The van der Waals surface area contributed by atoms with Crippen LogP contribution < -0.4 is 9.47 Å². The molecule has 1 aromatic rings. The predicted molar refractivity (Wildman–Crippen MR) is 91.0 cm³/mol. The molecule has 0 amide bonds. The van der Waals surface area contributed by atoms with Crippen molar-refractivity contribution in [2.24, 2.45) is 0 Å². The third-order valence-corrected chi connectivity index (χ3v) is 5.13. The Bertz CT molecular complexity index is 589. The second-order valence-electron chi connectivity index (χ2n) is 6.49. The number of halogens is 1. The highest BCUT2D eigenvalue weighted by Crippen LogP contribution is 2.51. The fraction of sp³-hybridized carbons (Fsp3) is 0.611. The first kappa shape index (κ1) is 17.9. The predicted octanol–water partition coefficient (Wildman–Crippen LogP) is 4.77. The van der Waals surface area contributed by atoms with Gasteiger partial charge in [-0.2, -0.15) is 0 Å². The van der Waals surface area contributed by atoms with Crippen LogP contribution in [0, 0.1) is 0 Å². The first-order valence-corrected chi connectivity index (χ1v) is 8.45. The molecule has 0 unspecified atom stereocenters. The van der Waals surface area contributed by atoms with E-state index in [4.69, 9.17) is 21.1 Å². The molecule has 0 bridgehead atoms. The van der Waals surface area contributed by atoms with Gasteiger partial charge in [0.25, 0.3) is 0 Å². The summed E-state index contributed by atoms with van der Waals surface area (Å²) in [5.74, 6) is 0.410. The number of aliphatic carboxylic acids is 1. The lowest BCUT2D eigenvalue weighted by Crippen LogP contribution is -2.39. The van der Waals surface area contributed by atoms with Gasteiger partial charge in [0.2, 0.25) is 0 Å². The quantitative estimate of drug-likeness (QED) is 0.839. The van der Waals surface area contributed by atoms with Crippen molar-refractivity contribution in [3.63, 3.8) is 0 Å². The number of hydrogen-bond acceptors (Lipinski definition) is 3. The van der Waals surface area contributed by atoms with Crippen molar-refractivity contribution >= 4 is 17.6 Å². The van der Waals surface area contributed by atoms with Crippen LogP contribution in [0.1, 0.15) is 63.0 Å². The largest absolute Gasteiger partial charge is 0.493 e. The lowest BCUT2D eigenvalue weighted by molar-refractivity contribution is -0.145. The standard InChI is InChI=1S/C18H25ClO4/c1-11(2)14-15(12(19)10-13(22-3)16(14)23-4)18(17(20)21)8-6-5-7-9-18/h10-11H,5-9H2,1-4H3,(H,20,21). The van der Waals surface area contributed by atoms with E-state index in [1.54, 1.807) is 20.3 Å². The zero-order valence-electron chi connectivity index (χ0n) is 14.2. The van der Waals surface area contributed by atoms with Crippen molar-refractivity contribution in [2.75, 3.05) is 14.2 Å². The monoisotopic (exact) mass is 340 g/mol. The van der Waals surface area contributed by atoms with Crippen LogP contribution in [0.15, 0.2) is 6.07 Å². The summed E-state index contributed by atoms with van der Waals surface area (Å²) >= 11 is 6.55. The maximum atomic E-state index is 12.2. The second-order valence-corrected chi connectivity index (χ2v) is 6.89. The van der Waals surface area contributed by atoms with Crippen LogP contribution in [0.5, 0.6) is 11.5 Å². The zero-order valence-corrected chi connectivity index (χ0v) is 15.0. The Morgan fingerprint density at radius 2 is 1.83 bits per heavy atom. The molecule has 1 aliphatic carbocycles. The summed E-state index contributed by atoms with van der Waals surface area (Å²) in [7, 11) is 3.14. The number of carbonyl (C=O) groups is 1. The summed E-state index contributed by atoms with van der Waals surface area (Å²) in [6, 6.07) is 1.68. The summed E-state index contributed by atoms with van der Waals surface area (Å²) in [4.78, 5) is 12.2. The molecule has 0 spiro atoms. The summed E-state index contributed by atoms with van der Waals surface area (Å²) in [6.07, 6.45) is 4.08. The molecular weight excluding hydrogens is 316 g/mol. The van der Waals surface area contributed by atoms with Crippen molar-refractivity contribution < 1.29 is 19.4 Å². The molecule has 4 nitrogen and oxygen atoms in total. The molecule has 1 aromatic carbocycles. The van der Waals surface area contributed by atoms with E-state index in [1.807, 2.05) is 13.8 Å². The Labute approximate surface area is 142 Å². The van der Waals surface area contributed by atoms with E-state index in [0.717, 1.165) is 24.8 Å². The molecule has 0 saturated heterocycles. The van der Waals surface area contributed by atoms with Crippen LogP contribution in [0.3, 0.4) is 0 Å². The van der Waals surface area contributed by atoms with E-state index in [2.05, 4.69) is 0 Å². The van der Waals surface area contributed by atoms with Crippen LogP contribution in [-0.4, -0.2) is 25.3 Å². The second kappa shape index (κ2) is 7.00. The van der Waals surface area contributed by atoms with Crippen LogP contribution in [0.25, 0.3) is 0 Å². The minimum Gasteiger partial charge on any atom is -0.493 e. The van der Waals surface area contributed by atoms with Crippen molar-refractivity contribution in [2.45, 2.75) is 57.3 Å². The highest BCUT2D eigenvalue weighted by molar-refractivity contribution is 6.32. The number of ether oxygens (including phenoxy) is 2. The zero-order chi connectivity index (χ0) is 17.2. The number of benzene rings is 1. The Kier molecular flexibility index (Phi) is 5.45. The van der Waals surface area contributed by atoms with Gasteiger partial charge in [-0.25, -0.2) is 0 Å². The van der Waals surface area contributed by atoms with E-state index in [-0.39, 0.29) is 5.92 Å². The molecule has 23 heavy (non-hydrogen) atoms. The molecule has 0 aliphatic heterocycles. The van der Waals surface area contributed by atoms with E-state index in [9.17, 15) is 9.90 Å². The van der Waals surface area contributed by atoms with Crippen molar-refractivity contribution in [3.8, 4) is 11.5 Å². The van der Waals surface area contributed by atoms with Gasteiger partial charge in [0.1, 0.15) is 0 Å². The van der Waals surface area contributed by atoms with E-state index in [1.165, 1.54) is 0 Å². The van der Waals surface area contributed by atoms with Gasteiger partial charge in [-0.3, -0.25) is 4.79 Å². The third-order valence-electron chi connectivity index (χ3n) is 4.83. The van der Waals surface area contributed by atoms with Gasteiger partial charge in [0, 0.05) is 16.7 Å². The van der Waals surface area contributed by atoms with Gasteiger partial charge in [-0.1, -0.05) is 44.7 Å². The topological polar surface area (TPSA) is 55.8 Å². The van der Waals surface area contributed by atoms with Gasteiger partial charge >= 0.3 is 5.97 Å². The Balaban J connectivity index is 2.81. The average molecular weight is 341 g/mol. The minimum atomic E-state index is -0.936. The van der Waals surface area contributed by atoms with Crippen molar-refractivity contribution in [1.29, 1.82) is 0 Å². The molecule has 1 fully saturated rings. The molecule has 1 aliphatic rings. The molecule has 1 saturated carbocycles. The Morgan fingerprint density at radius 3 is 2.26 bits per heavy atom. The first-order valence-electron chi connectivity index (χ1n) is 8.07. The van der Waals surface area contributed by atoms with Gasteiger partial charge in [0.05, 0.1) is 19.6 Å². The number of carboxylic acid groups (broad SMARTS) is 1. The molecule has 5 heteroatoms. The molecule has 0 aromatic heterocycles. The fourth-order valence-electron chi connectivity index (χ4n) is 3.75. The van der Waals surface area contributed by atoms with Crippen molar-refractivity contribution in [1.82, 2.24) is 0 Å². The molecule has 2 rings (SSSR count). The summed E-state index contributed by atoms with van der Waals surface area (Å²) in [5.41, 5.74) is 0.620. The number of methoxy groups -OCH3 is 2. The van der Waals surface area contributed by atoms with Gasteiger partial charge in [-0.15, -0.1) is 0 Å². The average Bonchev–Trinajstić information content (AvgIpc) is 2.53. The SMILES string of the molecule is COc1cc(Cl)c(C2(C(=O)O)CCCCC2)c(C(C)C)c1OC. The van der Waals surface area contributed by atoms with E-state index in [0.29, 0.717) is 34.9 Å². The highest BCUT2D eigenvalue weighted by Gasteiger charge is 2.45. The fourth-order valence-corrected chi connectivity index (χ4v) is 4.14. The summed E-state index contributed by atoms with van der Waals surface area (Å²) in [5, 5.41) is 10.5. The van der Waals surface area contributed by atoms with E-state index < -0.39 is 11.4 Å². The molecule has 0 radical (unpaired) electrons. The number of hydrogen-bond donors (Lipinski definition) is 1. The molecule has 0 atom stereocenters. The van der Waals surface area contributed by atoms with Crippen LogP contribution >= 0.6 is 11.6 Å². The molecular formula is C18H25ClO4. The van der Waals surface area contributed by atoms with Gasteiger partial charge in [-0.05, 0) is 24.3 Å². The molecule has 1 N–H and O–H groups in total. The smallest absolute Gasteiger partial charge is 0.314 e. The lowest BCUT2D eigenvalue weighted by atomic mass is 9.67. The lowest BCUT2D eigenvalue weighted by Gasteiger charge is -2.37. The Hall–Kier alpha value is -1.42. The van der Waals surface area contributed by atoms with Gasteiger partial charge in [0.15, 0.2) is 11.5 Å². The minimum absolute atomic E-state index is 0.0747. The first-order chi connectivity index (χ1) is 10.9. The normalized spacial score (nSPS) is 17.1. The van der Waals surface area contributed by atoms with Crippen LogP contribution in [-0.2, 0) is 10.2 Å². The summed E-state index contributed by atoms with van der Waals surface area (Å²) < 4.78 is 11.0. The number of rotatable bonds is 5. The highest BCUT2D eigenvalue weighted by atomic mass is 35.5. The van der Waals surface area contributed by atoms with Crippen LogP contribution in [0.4, 0.5) is 0 Å². The van der Waals surface area contributed by atoms with Crippen molar-refractivity contribution in [3.05, 3.63) is 22.2 Å². The van der Waals surface area contributed by atoms with E-state index >= 15 is 0 Å². The van der Waals surface area contributed by atoms with Gasteiger partial charge < -0.3 is 14.6 Å². The van der Waals surface area contributed by atoms with Crippen LogP contribution in [0.2, 0.25) is 5.02 Å². The molecule has 0 heterocycles. The Morgan fingerprint density at radius 1 is 1.22 bits per heavy atom. The maximum absolute atomic E-state index is 12.2. The molecule has 128 valence electrons. The summed E-state index contributed by atoms with van der Waals surface area (Å²) in [6.45, 7) is 4.05. The maximum Gasteiger partial charge on any atom is 0.314 e.